The SMILES string of the molecule is CC[CH]OCC(F)(F)C(F)(F)F. The summed E-state index contributed by atoms with van der Waals surface area (Å²) in [7, 11) is 0. The molecule has 0 aliphatic rings. The van der Waals surface area contributed by atoms with E-state index in [1.807, 2.05) is 0 Å². The van der Waals surface area contributed by atoms with Gasteiger partial charge in [0.25, 0.3) is 0 Å². The largest absolute Gasteiger partial charge is 0.455 e. The molecule has 0 unspecified atom stereocenters. The maximum Gasteiger partial charge on any atom is 0.455 e. The van der Waals surface area contributed by atoms with Gasteiger partial charge in [-0.25, -0.2) is 0 Å². The van der Waals surface area contributed by atoms with Gasteiger partial charge in [0, 0.05) is 0 Å². The molecule has 0 aromatic heterocycles. The maximum atomic E-state index is 12.0. The molecule has 0 fully saturated rings. The smallest absolute Gasteiger partial charge is 0.369 e. The highest BCUT2D eigenvalue weighted by atomic mass is 19.4. The first-order chi connectivity index (χ1) is 5.31. The summed E-state index contributed by atoms with van der Waals surface area (Å²) in [6.07, 6.45) is -5.25. The average Bonchev–Trinajstić information content (AvgIpc) is 1.85. The molecule has 0 N–H and O–H groups in total. The third-order valence-corrected chi connectivity index (χ3v) is 0.964. The van der Waals surface area contributed by atoms with E-state index in [1.54, 1.807) is 6.92 Å². The van der Waals surface area contributed by atoms with Crippen LogP contribution in [0.1, 0.15) is 13.3 Å². The van der Waals surface area contributed by atoms with E-state index in [2.05, 4.69) is 4.74 Å². The Morgan fingerprint density at radius 2 is 1.67 bits per heavy atom. The van der Waals surface area contributed by atoms with Crippen LogP contribution in [0.5, 0.6) is 0 Å². The fraction of sp³-hybridized carbons (Fsp3) is 0.833. The molecule has 0 aliphatic heterocycles. The van der Waals surface area contributed by atoms with Crippen molar-refractivity contribution in [1.29, 1.82) is 0 Å². The van der Waals surface area contributed by atoms with Crippen molar-refractivity contribution in [3.63, 3.8) is 0 Å². The van der Waals surface area contributed by atoms with Crippen LogP contribution in [0, 0.1) is 6.61 Å². The van der Waals surface area contributed by atoms with Crippen molar-refractivity contribution in [2.24, 2.45) is 0 Å². The van der Waals surface area contributed by atoms with Gasteiger partial charge in [-0.05, 0) is 6.42 Å². The van der Waals surface area contributed by atoms with Gasteiger partial charge in [0.1, 0.15) is 6.61 Å². The van der Waals surface area contributed by atoms with Gasteiger partial charge in [-0.15, -0.1) is 0 Å². The maximum absolute atomic E-state index is 12.0. The van der Waals surface area contributed by atoms with E-state index in [4.69, 9.17) is 0 Å². The predicted octanol–water partition coefficient (Wildman–Crippen LogP) is 2.77. The Hall–Kier alpha value is -0.390. The monoisotopic (exact) mass is 191 g/mol. The first kappa shape index (κ1) is 11.6. The number of hydrogen-bond donors (Lipinski definition) is 0. The summed E-state index contributed by atoms with van der Waals surface area (Å²) in [6, 6.07) is 0. The Morgan fingerprint density at radius 1 is 1.17 bits per heavy atom. The minimum Gasteiger partial charge on any atom is -0.369 e. The van der Waals surface area contributed by atoms with Gasteiger partial charge in [0.15, 0.2) is 0 Å². The van der Waals surface area contributed by atoms with Crippen molar-refractivity contribution >= 4 is 0 Å². The summed E-state index contributed by atoms with van der Waals surface area (Å²) in [4.78, 5) is 0. The van der Waals surface area contributed by atoms with E-state index in [0.29, 0.717) is 0 Å². The zero-order chi connectivity index (χ0) is 9.83. The molecule has 73 valence electrons. The first-order valence-electron chi connectivity index (χ1n) is 3.19. The molecule has 0 bridgehead atoms. The summed E-state index contributed by atoms with van der Waals surface area (Å²) >= 11 is 0. The van der Waals surface area contributed by atoms with Crippen molar-refractivity contribution in [2.45, 2.75) is 25.4 Å². The number of halogens is 5. The predicted molar refractivity (Wildman–Crippen MR) is 31.5 cm³/mol. The van der Waals surface area contributed by atoms with Crippen LogP contribution < -0.4 is 0 Å². The molecule has 0 aliphatic carbocycles. The molecule has 0 amide bonds. The van der Waals surface area contributed by atoms with E-state index in [1.165, 1.54) is 0 Å². The Morgan fingerprint density at radius 3 is 2.00 bits per heavy atom. The number of hydrogen-bond acceptors (Lipinski definition) is 1. The van der Waals surface area contributed by atoms with Gasteiger partial charge in [-0.2, -0.15) is 22.0 Å². The van der Waals surface area contributed by atoms with Gasteiger partial charge >= 0.3 is 12.1 Å². The Bertz CT molecular complexity index is 130. The third-order valence-electron chi connectivity index (χ3n) is 0.964. The Balaban J connectivity index is 3.88. The van der Waals surface area contributed by atoms with E-state index in [0.717, 1.165) is 6.61 Å². The fourth-order valence-electron chi connectivity index (χ4n) is 0.363. The lowest BCUT2D eigenvalue weighted by Gasteiger charge is -2.18. The van der Waals surface area contributed by atoms with Crippen LogP contribution in [0.3, 0.4) is 0 Å². The number of rotatable bonds is 4. The molecule has 0 rings (SSSR count). The molecule has 0 spiro atoms. The molecular weight excluding hydrogens is 183 g/mol. The van der Waals surface area contributed by atoms with Crippen LogP contribution in [0.15, 0.2) is 0 Å². The van der Waals surface area contributed by atoms with Crippen LogP contribution in [0.4, 0.5) is 22.0 Å². The molecule has 1 nitrogen and oxygen atoms in total. The van der Waals surface area contributed by atoms with E-state index >= 15 is 0 Å². The van der Waals surface area contributed by atoms with Crippen LogP contribution >= 0.6 is 0 Å². The summed E-state index contributed by atoms with van der Waals surface area (Å²) < 4.78 is 62.2. The summed E-state index contributed by atoms with van der Waals surface area (Å²) in [6.45, 7) is 0.815. The van der Waals surface area contributed by atoms with Crippen LogP contribution in [0.25, 0.3) is 0 Å². The third kappa shape index (κ3) is 3.34. The van der Waals surface area contributed by atoms with Crippen molar-refractivity contribution < 1.29 is 26.7 Å². The second-order valence-electron chi connectivity index (χ2n) is 2.09. The van der Waals surface area contributed by atoms with E-state index in [-0.39, 0.29) is 6.42 Å². The Labute approximate surface area is 66.5 Å². The number of alkyl halides is 5. The first-order valence-corrected chi connectivity index (χ1v) is 3.19. The molecule has 12 heavy (non-hydrogen) atoms. The molecule has 0 saturated heterocycles. The van der Waals surface area contributed by atoms with E-state index < -0.39 is 18.7 Å². The minimum atomic E-state index is -5.53. The van der Waals surface area contributed by atoms with Gasteiger partial charge in [0.2, 0.25) is 0 Å². The van der Waals surface area contributed by atoms with Crippen LogP contribution in [-0.4, -0.2) is 18.7 Å². The quantitative estimate of drug-likeness (QED) is 0.490. The Kier molecular flexibility index (Phi) is 3.89. The molecule has 0 aromatic rings. The van der Waals surface area contributed by atoms with Crippen LogP contribution in [0.2, 0.25) is 0 Å². The molecule has 0 heterocycles. The second-order valence-corrected chi connectivity index (χ2v) is 2.09. The highest BCUT2D eigenvalue weighted by Gasteiger charge is 2.57. The topological polar surface area (TPSA) is 9.23 Å². The summed E-state index contributed by atoms with van der Waals surface area (Å²) in [5, 5.41) is 0. The van der Waals surface area contributed by atoms with Crippen molar-refractivity contribution in [1.82, 2.24) is 0 Å². The lowest BCUT2D eigenvalue weighted by molar-refractivity contribution is -0.294. The standard InChI is InChI=1S/C6H8F5O/c1-2-3-12-4-5(7,8)6(9,10)11/h3H,2,4H2,1H3. The van der Waals surface area contributed by atoms with Crippen LogP contribution in [-0.2, 0) is 4.74 Å². The molecule has 0 atom stereocenters. The summed E-state index contributed by atoms with van der Waals surface area (Å²) in [5.74, 6) is -4.77. The highest BCUT2D eigenvalue weighted by Crippen LogP contribution is 2.35. The molecule has 0 aromatic carbocycles. The zero-order valence-electron chi connectivity index (χ0n) is 6.29. The normalized spacial score (nSPS) is 13.5. The molecule has 1 radical (unpaired) electrons. The molecular formula is C6H8F5O. The van der Waals surface area contributed by atoms with Gasteiger partial charge in [0.05, 0.1) is 6.61 Å². The molecule has 0 saturated carbocycles. The van der Waals surface area contributed by atoms with Gasteiger partial charge < -0.3 is 4.74 Å². The fourth-order valence-corrected chi connectivity index (χ4v) is 0.363. The molecule has 6 heteroatoms. The second kappa shape index (κ2) is 4.02. The minimum absolute atomic E-state index is 0.286. The van der Waals surface area contributed by atoms with Gasteiger partial charge in [-0.3, -0.25) is 0 Å². The lowest BCUT2D eigenvalue weighted by Crippen LogP contribution is -2.40. The van der Waals surface area contributed by atoms with Gasteiger partial charge in [-0.1, -0.05) is 6.92 Å². The number of ether oxygens (including phenoxy) is 1. The van der Waals surface area contributed by atoms with Crippen molar-refractivity contribution in [3.05, 3.63) is 6.61 Å². The zero-order valence-corrected chi connectivity index (χ0v) is 6.29. The van der Waals surface area contributed by atoms with E-state index in [9.17, 15) is 22.0 Å². The van der Waals surface area contributed by atoms with Crippen molar-refractivity contribution in [3.8, 4) is 0 Å². The highest BCUT2D eigenvalue weighted by molar-refractivity contribution is 4.75. The average molecular weight is 191 g/mol. The lowest BCUT2D eigenvalue weighted by atomic mass is 10.3. The summed E-state index contributed by atoms with van der Waals surface area (Å²) in [5.41, 5.74) is 0. The van der Waals surface area contributed by atoms with Crippen molar-refractivity contribution in [2.75, 3.05) is 6.61 Å².